The lowest BCUT2D eigenvalue weighted by molar-refractivity contribution is 0.0623. The summed E-state index contributed by atoms with van der Waals surface area (Å²) in [5, 5.41) is 14.8. The number of furan rings is 1. The van der Waals surface area contributed by atoms with Crippen LogP contribution in [-0.4, -0.2) is 20.1 Å². The second kappa shape index (κ2) is 7.00. The molecule has 0 radical (unpaired) electrons. The molecule has 138 valence electrons. The third-order valence-corrected chi connectivity index (χ3v) is 6.75. The second-order valence-corrected chi connectivity index (χ2v) is 8.89. The zero-order chi connectivity index (χ0) is 18.9. The van der Waals surface area contributed by atoms with Crippen LogP contribution in [0.1, 0.15) is 28.0 Å². The summed E-state index contributed by atoms with van der Waals surface area (Å²) in [5.41, 5.74) is 1.60. The van der Waals surface area contributed by atoms with Crippen LogP contribution in [0, 0.1) is 20.8 Å². The zero-order valence-corrected chi connectivity index (χ0v) is 16.4. The van der Waals surface area contributed by atoms with E-state index >= 15 is 0 Å². The number of rotatable bonds is 6. The van der Waals surface area contributed by atoms with Gasteiger partial charge in [0.2, 0.25) is 10.0 Å². The molecule has 3 aromatic rings. The number of sulfonamides is 1. The molecule has 0 amide bonds. The van der Waals surface area contributed by atoms with E-state index in [1.54, 1.807) is 36.6 Å². The molecule has 1 atom stereocenters. The molecule has 1 unspecified atom stereocenters. The average molecular weight is 392 g/mol. The molecular formula is C19H21NO4S2. The van der Waals surface area contributed by atoms with E-state index < -0.39 is 15.6 Å². The summed E-state index contributed by atoms with van der Waals surface area (Å²) < 4.78 is 33.6. The minimum Gasteiger partial charge on any atom is -0.466 e. The fraction of sp³-hybridized carbons (Fsp3) is 0.263. The molecule has 0 bridgehead atoms. The van der Waals surface area contributed by atoms with Gasteiger partial charge in [-0.25, -0.2) is 13.1 Å². The summed E-state index contributed by atoms with van der Waals surface area (Å²) in [6.45, 7) is 5.35. The van der Waals surface area contributed by atoms with Crippen LogP contribution in [0.15, 0.2) is 56.7 Å². The molecule has 5 nitrogen and oxygen atoms in total. The van der Waals surface area contributed by atoms with Crippen LogP contribution in [0.25, 0.3) is 0 Å². The maximum Gasteiger partial charge on any atom is 0.240 e. The number of aryl methyl sites for hydroxylation is 3. The molecule has 0 aliphatic rings. The van der Waals surface area contributed by atoms with Crippen LogP contribution in [0.2, 0.25) is 0 Å². The summed E-state index contributed by atoms with van der Waals surface area (Å²) in [6.07, 6.45) is 1.45. The molecule has 7 heteroatoms. The first kappa shape index (κ1) is 18.8. The highest BCUT2D eigenvalue weighted by molar-refractivity contribution is 7.89. The molecule has 0 spiro atoms. The number of hydrogen-bond donors (Lipinski definition) is 2. The molecule has 2 heterocycles. The van der Waals surface area contributed by atoms with Gasteiger partial charge in [0.25, 0.3) is 0 Å². The zero-order valence-electron chi connectivity index (χ0n) is 14.8. The van der Waals surface area contributed by atoms with Crippen molar-refractivity contribution in [2.75, 3.05) is 6.54 Å². The monoisotopic (exact) mass is 391 g/mol. The van der Waals surface area contributed by atoms with Crippen LogP contribution in [0.3, 0.4) is 0 Å². The molecule has 2 aromatic heterocycles. The van der Waals surface area contributed by atoms with Gasteiger partial charge in [-0.3, -0.25) is 0 Å². The van der Waals surface area contributed by atoms with Crippen LogP contribution in [0.4, 0.5) is 0 Å². The third kappa shape index (κ3) is 3.48. The quantitative estimate of drug-likeness (QED) is 0.674. The first-order valence-electron chi connectivity index (χ1n) is 8.10. The van der Waals surface area contributed by atoms with E-state index in [1.807, 2.05) is 25.3 Å². The van der Waals surface area contributed by atoms with Crippen LogP contribution < -0.4 is 4.72 Å². The van der Waals surface area contributed by atoms with E-state index in [4.69, 9.17) is 4.42 Å². The Balaban J connectivity index is 1.94. The first-order chi connectivity index (χ1) is 12.2. The topological polar surface area (TPSA) is 79.5 Å². The summed E-state index contributed by atoms with van der Waals surface area (Å²) in [4.78, 5) is 0.215. The maximum absolute atomic E-state index is 12.9. The van der Waals surface area contributed by atoms with Gasteiger partial charge in [0.05, 0.1) is 17.7 Å². The molecule has 26 heavy (non-hydrogen) atoms. The number of thiophene rings is 1. The van der Waals surface area contributed by atoms with Crippen molar-refractivity contribution in [3.63, 3.8) is 0 Å². The minimum absolute atomic E-state index is 0.215. The van der Waals surface area contributed by atoms with Crippen molar-refractivity contribution in [3.8, 4) is 0 Å². The van der Waals surface area contributed by atoms with E-state index in [1.165, 1.54) is 17.6 Å². The fourth-order valence-electron chi connectivity index (χ4n) is 2.85. The van der Waals surface area contributed by atoms with Crippen molar-refractivity contribution in [3.05, 3.63) is 75.4 Å². The highest BCUT2D eigenvalue weighted by Gasteiger charge is 2.36. The lowest BCUT2D eigenvalue weighted by Gasteiger charge is -2.26. The van der Waals surface area contributed by atoms with Gasteiger partial charge in [0, 0.05) is 5.56 Å². The van der Waals surface area contributed by atoms with Crippen molar-refractivity contribution in [2.24, 2.45) is 0 Å². The number of benzene rings is 1. The van der Waals surface area contributed by atoms with Gasteiger partial charge in [-0.15, -0.1) is 0 Å². The van der Waals surface area contributed by atoms with Crippen molar-refractivity contribution in [1.82, 2.24) is 4.72 Å². The smallest absolute Gasteiger partial charge is 0.240 e. The highest BCUT2D eigenvalue weighted by atomic mass is 32.2. The Morgan fingerprint density at radius 2 is 1.88 bits per heavy atom. The standard InChI is InChI=1S/C19H21NO4S2/c1-13-9-15(3)17(10-14(13)2)26(22,23)20-12-19(21,16-6-8-25-11-16)18-5-4-7-24-18/h4-11,20-21H,12H2,1-3H3. The number of nitrogens with one attached hydrogen (secondary N) is 1. The number of hydrogen-bond acceptors (Lipinski definition) is 5. The van der Waals surface area contributed by atoms with Gasteiger partial charge in [0.15, 0.2) is 5.60 Å². The summed E-state index contributed by atoms with van der Waals surface area (Å²) in [5.74, 6) is 0.287. The van der Waals surface area contributed by atoms with Crippen LogP contribution >= 0.6 is 11.3 Å². The minimum atomic E-state index is -3.79. The molecular weight excluding hydrogens is 370 g/mol. The summed E-state index contributed by atoms with van der Waals surface area (Å²) in [7, 11) is -3.79. The predicted molar refractivity (Wildman–Crippen MR) is 102 cm³/mol. The molecule has 3 rings (SSSR count). The van der Waals surface area contributed by atoms with E-state index in [2.05, 4.69) is 4.72 Å². The number of aliphatic hydroxyl groups is 1. The van der Waals surface area contributed by atoms with Crippen LogP contribution in [0.5, 0.6) is 0 Å². The lowest BCUT2D eigenvalue weighted by Crippen LogP contribution is -2.41. The molecule has 1 aromatic carbocycles. The van der Waals surface area contributed by atoms with Crippen molar-refractivity contribution < 1.29 is 17.9 Å². The largest absolute Gasteiger partial charge is 0.466 e. The van der Waals surface area contributed by atoms with Crippen LogP contribution in [-0.2, 0) is 15.6 Å². The van der Waals surface area contributed by atoms with E-state index in [0.29, 0.717) is 11.1 Å². The first-order valence-corrected chi connectivity index (χ1v) is 10.5. The highest BCUT2D eigenvalue weighted by Crippen LogP contribution is 2.31. The Morgan fingerprint density at radius 1 is 1.15 bits per heavy atom. The molecule has 2 N–H and O–H groups in total. The van der Waals surface area contributed by atoms with Gasteiger partial charge in [-0.05, 0) is 72.5 Å². The molecule has 0 saturated carbocycles. The third-order valence-electron chi connectivity index (χ3n) is 4.53. The van der Waals surface area contributed by atoms with Gasteiger partial charge in [-0.1, -0.05) is 6.07 Å². The Kier molecular flexibility index (Phi) is 5.07. The molecule has 0 aliphatic heterocycles. The van der Waals surface area contributed by atoms with E-state index in [9.17, 15) is 13.5 Å². The van der Waals surface area contributed by atoms with Gasteiger partial charge >= 0.3 is 0 Å². The Morgan fingerprint density at radius 3 is 2.50 bits per heavy atom. The van der Waals surface area contributed by atoms with Gasteiger partial charge in [0.1, 0.15) is 5.76 Å². The van der Waals surface area contributed by atoms with Crippen molar-refractivity contribution >= 4 is 21.4 Å². The average Bonchev–Trinajstić information content (AvgIpc) is 3.29. The van der Waals surface area contributed by atoms with Gasteiger partial charge in [-0.2, -0.15) is 11.3 Å². The van der Waals surface area contributed by atoms with Crippen molar-refractivity contribution in [2.45, 2.75) is 31.3 Å². The Bertz CT molecular complexity index is 956. The van der Waals surface area contributed by atoms with E-state index in [-0.39, 0.29) is 17.2 Å². The fourth-order valence-corrected chi connectivity index (χ4v) is 4.94. The predicted octanol–water partition coefficient (Wildman–Crippen LogP) is 3.48. The molecule has 0 fully saturated rings. The molecule has 0 aliphatic carbocycles. The van der Waals surface area contributed by atoms with Crippen molar-refractivity contribution in [1.29, 1.82) is 0 Å². The normalized spacial score (nSPS) is 14.3. The molecule has 0 saturated heterocycles. The Hall–Kier alpha value is -1.93. The Labute approximate surface area is 157 Å². The summed E-state index contributed by atoms with van der Waals surface area (Å²) in [6, 6.07) is 8.55. The van der Waals surface area contributed by atoms with Gasteiger partial charge < -0.3 is 9.52 Å². The maximum atomic E-state index is 12.9. The SMILES string of the molecule is Cc1cc(C)c(S(=O)(=O)NCC(O)(c2ccsc2)c2ccco2)cc1C. The lowest BCUT2D eigenvalue weighted by atomic mass is 9.94. The summed E-state index contributed by atoms with van der Waals surface area (Å²) >= 11 is 1.42. The van der Waals surface area contributed by atoms with E-state index in [0.717, 1.165) is 11.1 Å². The second-order valence-electron chi connectivity index (χ2n) is 6.38.